The van der Waals surface area contributed by atoms with Gasteiger partial charge in [0.05, 0.1) is 6.20 Å². The number of hydrogen-bond acceptors (Lipinski definition) is 4. The van der Waals surface area contributed by atoms with Crippen molar-refractivity contribution in [3.63, 3.8) is 0 Å². The Balaban J connectivity index is 1.93. The minimum atomic E-state index is -0.950. The number of aliphatic carboxylic acids is 1. The van der Waals surface area contributed by atoms with Gasteiger partial charge in [0, 0.05) is 12.7 Å². The van der Waals surface area contributed by atoms with Gasteiger partial charge in [0.25, 0.3) is 5.91 Å². The molecule has 0 radical (unpaired) electrons. The average Bonchev–Trinajstić information content (AvgIpc) is 2.46. The molecular weight excluding hydrogens is 248 g/mol. The van der Waals surface area contributed by atoms with Crippen LogP contribution in [0.15, 0.2) is 24.5 Å². The molecule has 2 heterocycles. The Morgan fingerprint density at radius 2 is 2.32 bits per heavy atom. The maximum absolute atomic E-state index is 12.0. The zero-order valence-electron chi connectivity index (χ0n) is 10.5. The van der Waals surface area contributed by atoms with Crippen molar-refractivity contribution in [1.29, 1.82) is 0 Å². The predicted molar refractivity (Wildman–Crippen MR) is 66.7 cm³/mol. The van der Waals surface area contributed by atoms with Gasteiger partial charge in [-0.25, -0.2) is 4.79 Å². The molecule has 0 aliphatic carbocycles. The number of ether oxygens (including phenoxy) is 1. The van der Waals surface area contributed by atoms with Gasteiger partial charge >= 0.3 is 5.97 Å². The Labute approximate surface area is 111 Å². The summed E-state index contributed by atoms with van der Waals surface area (Å²) in [5, 5.41) is 9.10. The number of carboxylic acid groups (broad SMARTS) is 1. The molecule has 1 aromatic rings. The molecule has 1 fully saturated rings. The monoisotopic (exact) mass is 264 g/mol. The number of nitrogens with zero attached hydrogens (tertiary/aromatic N) is 2. The second kappa shape index (κ2) is 6.17. The third-order valence-electron chi connectivity index (χ3n) is 3.10. The van der Waals surface area contributed by atoms with E-state index in [1.165, 1.54) is 11.1 Å². The summed E-state index contributed by atoms with van der Waals surface area (Å²) in [6, 6.07) is 2.69. The number of carboxylic acids is 1. The molecule has 6 nitrogen and oxygen atoms in total. The van der Waals surface area contributed by atoms with E-state index < -0.39 is 12.0 Å². The molecule has 1 aromatic heterocycles. The summed E-state index contributed by atoms with van der Waals surface area (Å²) in [6.45, 7) is 0.321. The predicted octanol–water partition coefficient (Wildman–Crippen LogP) is 0.926. The highest BCUT2D eigenvalue weighted by molar-refractivity contribution is 5.84. The number of likely N-dealkylation sites (tertiary alicyclic amines) is 1. The van der Waals surface area contributed by atoms with E-state index in [-0.39, 0.29) is 12.5 Å². The van der Waals surface area contributed by atoms with Crippen molar-refractivity contribution in [2.75, 3.05) is 13.2 Å². The third-order valence-corrected chi connectivity index (χ3v) is 3.10. The standard InChI is InChI=1S/C13H16N2O4/c16-12(9-19-10-4-3-6-14-8-10)15-7-2-1-5-11(15)13(17)18/h3-4,6,8,11H,1-2,5,7,9H2,(H,17,18). The molecule has 1 unspecified atom stereocenters. The smallest absolute Gasteiger partial charge is 0.326 e. The van der Waals surface area contributed by atoms with Crippen LogP contribution < -0.4 is 4.74 Å². The van der Waals surface area contributed by atoms with E-state index in [1.54, 1.807) is 18.3 Å². The number of aromatic nitrogens is 1. The van der Waals surface area contributed by atoms with Crippen molar-refractivity contribution in [2.24, 2.45) is 0 Å². The fourth-order valence-electron chi connectivity index (χ4n) is 2.15. The second-order valence-corrected chi connectivity index (χ2v) is 4.41. The van der Waals surface area contributed by atoms with E-state index in [9.17, 15) is 9.59 Å². The van der Waals surface area contributed by atoms with E-state index in [0.29, 0.717) is 18.7 Å². The first-order valence-corrected chi connectivity index (χ1v) is 6.23. The first-order chi connectivity index (χ1) is 9.18. The van der Waals surface area contributed by atoms with Gasteiger partial charge in [-0.05, 0) is 31.4 Å². The molecule has 0 saturated carbocycles. The summed E-state index contributed by atoms with van der Waals surface area (Å²) < 4.78 is 5.30. The maximum Gasteiger partial charge on any atom is 0.326 e. The van der Waals surface area contributed by atoms with Gasteiger partial charge in [-0.15, -0.1) is 0 Å². The SMILES string of the molecule is O=C(O)C1CCCCN1C(=O)COc1cccnc1. The lowest BCUT2D eigenvalue weighted by atomic mass is 10.0. The van der Waals surface area contributed by atoms with Crippen LogP contribution in [0.1, 0.15) is 19.3 Å². The molecule has 1 aliphatic rings. The topological polar surface area (TPSA) is 79.7 Å². The minimum absolute atomic E-state index is 0.157. The van der Waals surface area contributed by atoms with Crippen molar-refractivity contribution in [1.82, 2.24) is 9.88 Å². The van der Waals surface area contributed by atoms with Crippen LogP contribution in [0, 0.1) is 0 Å². The van der Waals surface area contributed by atoms with Gasteiger partial charge in [-0.1, -0.05) is 0 Å². The van der Waals surface area contributed by atoms with Crippen LogP contribution in [0.2, 0.25) is 0 Å². The second-order valence-electron chi connectivity index (χ2n) is 4.41. The molecule has 19 heavy (non-hydrogen) atoms. The summed E-state index contributed by atoms with van der Waals surface area (Å²) in [4.78, 5) is 28.4. The quantitative estimate of drug-likeness (QED) is 0.875. The van der Waals surface area contributed by atoms with Gasteiger partial charge < -0.3 is 14.7 Å². The van der Waals surface area contributed by atoms with Crippen molar-refractivity contribution in [2.45, 2.75) is 25.3 Å². The lowest BCUT2D eigenvalue weighted by Crippen LogP contribution is -2.49. The molecule has 1 N–H and O–H groups in total. The Hall–Kier alpha value is -2.11. The van der Waals surface area contributed by atoms with Crippen LogP contribution in [-0.2, 0) is 9.59 Å². The third kappa shape index (κ3) is 3.43. The van der Waals surface area contributed by atoms with Gasteiger partial charge in [-0.2, -0.15) is 0 Å². The maximum atomic E-state index is 12.0. The molecule has 0 spiro atoms. The number of rotatable bonds is 4. The highest BCUT2D eigenvalue weighted by atomic mass is 16.5. The first kappa shape index (κ1) is 13.3. The fraction of sp³-hybridized carbons (Fsp3) is 0.462. The van der Waals surface area contributed by atoms with E-state index in [1.807, 2.05) is 0 Å². The molecular formula is C13H16N2O4. The number of carbonyl (C=O) groups is 2. The number of piperidine rings is 1. The molecule has 1 amide bonds. The summed E-state index contributed by atoms with van der Waals surface area (Å²) in [5.41, 5.74) is 0. The Morgan fingerprint density at radius 1 is 1.47 bits per heavy atom. The van der Waals surface area contributed by atoms with E-state index in [4.69, 9.17) is 9.84 Å². The number of hydrogen-bond donors (Lipinski definition) is 1. The normalized spacial score (nSPS) is 18.9. The Kier molecular flexibility index (Phi) is 4.33. The van der Waals surface area contributed by atoms with Crippen LogP contribution in [0.3, 0.4) is 0 Å². The van der Waals surface area contributed by atoms with Crippen molar-refractivity contribution >= 4 is 11.9 Å². The largest absolute Gasteiger partial charge is 0.482 e. The first-order valence-electron chi connectivity index (χ1n) is 6.23. The van der Waals surface area contributed by atoms with Crippen LogP contribution in [0.25, 0.3) is 0 Å². The number of pyridine rings is 1. The summed E-state index contributed by atoms with van der Waals surface area (Å²) >= 11 is 0. The van der Waals surface area contributed by atoms with Gasteiger partial charge in [-0.3, -0.25) is 9.78 Å². The molecule has 0 aromatic carbocycles. The lowest BCUT2D eigenvalue weighted by Gasteiger charge is -2.32. The zero-order chi connectivity index (χ0) is 13.7. The number of carbonyl (C=O) groups excluding carboxylic acids is 1. The van der Waals surface area contributed by atoms with Gasteiger partial charge in [0.15, 0.2) is 6.61 Å². The average molecular weight is 264 g/mol. The summed E-state index contributed by atoms with van der Waals surface area (Å²) in [5.74, 6) is -0.745. The summed E-state index contributed by atoms with van der Waals surface area (Å²) in [7, 11) is 0. The molecule has 2 rings (SSSR count). The Bertz CT molecular complexity index is 449. The lowest BCUT2D eigenvalue weighted by molar-refractivity contribution is -0.152. The molecule has 1 aliphatic heterocycles. The van der Waals surface area contributed by atoms with Crippen LogP contribution in [0.4, 0.5) is 0 Å². The van der Waals surface area contributed by atoms with E-state index >= 15 is 0 Å². The molecule has 1 atom stereocenters. The molecule has 1 saturated heterocycles. The molecule has 102 valence electrons. The fourth-order valence-corrected chi connectivity index (χ4v) is 2.15. The minimum Gasteiger partial charge on any atom is -0.482 e. The van der Waals surface area contributed by atoms with Gasteiger partial charge in [0.2, 0.25) is 0 Å². The van der Waals surface area contributed by atoms with Crippen LogP contribution in [-0.4, -0.2) is 46.1 Å². The van der Waals surface area contributed by atoms with Crippen molar-refractivity contribution < 1.29 is 19.4 Å². The van der Waals surface area contributed by atoms with E-state index in [0.717, 1.165) is 12.8 Å². The summed E-state index contributed by atoms with van der Waals surface area (Å²) in [6.07, 6.45) is 5.30. The molecule has 0 bridgehead atoms. The van der Waals surface area contributed by atoms with Crippen molar-refractivity contribution in [3.8, 4) is 5.75 Å². The van der Waals surface area contributed by atoms with E-state index in [2.05, 4.69) is 4.98 Å². The van der Waals surface area contributed by atoms with Crippen molar-refractivity contribution in [3.05, 3.63) is 24.5 Å². The highest BCUT2D eigenvalue weighted by Gasteiger charge is 2.31. The van der Waals surface area contributed by atoms with Crippen LogP contribution in [0.5, 0.6) is 5.75 Å². The highest BCUT2D eigenvalue weighted by Crippen LogP contribution is 2.17. The molecule has 6 heteroatoms. The van der Waals surface area contributed by atoms with Crippen LogP contribution >= 0.6 is 0 Å². The Morgan fingerprint density at radius 3 is 3.00 bits per heavy atom. The zero-order valence-corrected chi connectivity index (χ0v) is 10.5. The van der Waals surface area contributed by atoms with Gasteiger partial charge in [0.1, 0.15) is 11.8 Å². The number of amides is 1.